The first kappa shape index (κ1) is 27.3. The van der Waals surface area contributed by atoms with Crippen molar-refractivity contribution in [2.24, 2.45) is 17.9 Å². The molecule has 206 valence electrons. The standard InChI is InChI=1S/C38H44NS/c1-22(2)26-13-11-12-25-19-31-34-28(33(25)26)16-17-39(10)35(34)32-23(3)29-18-24(20-37(4,5)6)14-15-27(29)30(36(32)40-31)21-38(7,8)9/h11-19,22H,20-21H2,1-10H3/q+1. The van der Waals surface area contributed by atoms with Crippen LogP contribution < -0.4 is 4.57 Å². The summed E-state index contributed by atoms with van der Waals surface area (Å²) >= 11 is 2.01. The van der Waals surface area contributed by atoms with Crippen molar-refractivity contribution in [3.05, 3.63) is 77.0 Å². The zero-order valence-electron chi connectivity index (χ0n) is 26.0. The molecule has 0 spiro atoms. The fourth-order valence-electron chi connectivity index (χ4n) is 6.88. The molecule has 1 aliphatic heterocycles. The van der Waals surface area contributed by atoms with Crippen LogP contribution in [0.15, 0.2) is 64.5 Å². The maximum atomic E-state index is 2.50. The van der Waals surface area contributed by atoms with Gasteiger partial charge in [0, 0.05) is 21.2 Å². The molecule has 4 aromatic carbocycles. The molecule has 2 heteroatoms. The van der Waals surface area contributed by atoms with Crippen LogP contribution in [0.25, 0.3) is 43.6 Å². The first-order valence-electron chi connectivity index (χ1n) is 14.9. The van der Waals surface area contributed by atoms with Gasteiger partial charge in [-0.1, -0.05) is 104 Å². The van der Waals surface area contributed by atoms with Gasteiger partial charge in [-0.2, -0.15) is 0 Å². The average molecular weight is 547 g/mol. The first-order valence-corrected chi connectivity index (χ1v) is 15.7. The van der Waals surface area contributed by atoms with E-state index in [0.29, 0.717) is 5.92 Å². The molecule has 1 aromatic heterocycles. The number of pyridine rings is 1. The Bertz CT molecular complexity index is 1830. The summed E-state index contributed by atoms with van der Waals surface area (Å²) < 4.78 is 2.38. The summed E-state index contributed by atoms with van der Waals surface area (Å²) in [4.78, 5) is 2.85. The summed E-state index contributed by atoms with van der Waals surface area (Å²) in [6.45, 7) is 21.2. The molecule has 0 atom stereocenters. The van der Waals surface area contributed by atoms with Crippen molar-refractivity contribution in [3.8, 4) is 11.3 Å². The number of benzene rings is 4. The zero-order valence-corrected chi connectivity index (χ0v) is 26.9. The van der Waals surface area contributed by atoms with Crippen molar-refractivity contribution < 1.29 is 4.57 Å². The maximum absolute atomic E-state index is 2.50. The third-order valence-electron chi connectivity index (χ3n) is 8.46. The number of aromatic nitrogens is 1. The van der Waals surface area contributed by atoms with Crippen LogP contribution in [0.3, 0.4) is 0 Å². The minimum absolute atomic E-state index is 0.185. The highest BCUT2D eigenvalue weighted by atomic mass is 32.2. The highest BCUT2D eigenvalue weighted by Crippen LogP contribution is 2.54. The first-order chi connectivity index (χ1) is 18.7. The number of fused-ring (bicyclic) bond motifs is 5. The minimum atomic E-state index is 0.185. The molecule has 1 aliphatic rings. The lowest BCUT2D eigenvalue weighted by molar-refractivity contribution is -0.659. The topological polar surface area (TPSA) is 3.88 Å². The van der Waals surface area contributed by atoms with E-state index in [2.05, 4.69) is 129 Å². The molecule has 0 fully saturated rings. The van der Waals surface area contributed by atoms with Gasteiger partial charge in [0.05, 0.1) is 10.9 Å². The van der Waals surface area contributed by atoms with Gasteiger partial charge in [0.25, 0.3) is 0 Å². The van der Waals surface area contributed by atoms with Gasteiger partial charge in [0.2, 0.25) is 5.69 Å². The highest BCUT2D eigenvalue weighted by Gasteiger charge is 2.33. The Morgan fingerprint density at radius 2 is 1.52 bits per heavy atom. The Labute approximate surface area is 245 Å². The molecule has 0 saturated heterocycles. The van der Waals surface area contributed by atoms with Crippen LogP contribution in [0.1, 0.15) is 83.6 Å². The van der Waals surface area contributed by atoms with Crippen molar-refractivity contribution in [1.29, 1.82) is 0 Å². The van der Waals surface area contributed by atoms with E-state index in [4.69, 9.17) is 0 Å². The number of hydrogen-bond acceptors (Lipinski definition) is 1. The molecule has 1 nitrogen and oxygen atoms in total. The van der Waals surface area contributed by atoms with E-state index in [0.717, 1.165) is 12.8 Å². The molecule has 5 aromatic rings. The van der Waals surface area contributed by atoms with Gasteiger partial charge in [0.1, 0.15) is 7.05 Å². The Hall–Kier alpha value is -2.84. The zero-order chi connectivity index (χ0) is 28.7. The Morgan fingerprint density at radius 3 is 2.20 bits per heavy atom. The summed E-state index contributed by atoms with van der Waals surface area (Å²) in [5.41, 5.74) is 9.05. The van der Waals surface area contributed by atoms with E-state index in [1.807, 2.05) is 11.8 Å². The lowest BCUT2D eigenvalue weighted by Gasteiger charge is -2.29. The van der Waals surface area contributed by atoms with Crippen LogP contribution >= 0.6 is 11.8 Å². The average Bonchev–Trinajstić information content (AvgIpc) is 2.85. The predicted octanol–water partition coefficient (Wildman–Crippen LogP) is 10.7. The van der Waals surface area contributed by atoms with Crippen molar-refractivity contribution in [3.63, 3.8) is 0 Å². The third kappa shape index (κ3) is 4.53. The van der Waals surface area contributed by atoms with Gasteiger partial charge in [-0.05, 0) is 86.4 Å². The van der Waals surface area contributed by atoms with Gasteiger partial charge in [-0.25, -0.2) is 4.57 Å². The highest BCUT2D eigenvalue weighted by molar-refractivity contribution is 8.00. The normalized spacial score (nSPS) is 13.6. The second kappa shape index (κ2) is 9.35. The fraction of sp³-hybridized carbons (Fsp3) is 0.395. The van der Waals surface area contributed by atoms with Crippen LogP contribution in [-0.4, -0.2) is 0 Å². The Balaban J connectivity index is 1.76. The molecular formula is C38H44NS+. The summed E-state index contributed by atoms with van der Waals surface area (Å²) in [5.74, 6) is 0.475. The molecule has 0 N–H and O–H groups in total. The van der Waals surface area contributed by atoms with Gasteiger partial charge >= 0.3 is 0 Å². The monoisotopic (exact) mass is 546 g/mol. The van der Waals surface area contributed by atoms with E-state index < -0.39 is 0 Å². The Kier molecular flexibility index (Phi) is 6.39. The molecule has 40 heavy (non-hydrogen) atoms. The quantitative estimate of drug-likeness (QED) is 0.158. The van der Waals surface area contributed by atoms with Crippen LogP contribution in [0.5, 0.6) is 0 Å². The SMILES string of the molecule is Cc1c2c(c(CC(C)(C)C)c3ccc(CC(C)(C)C)cc13)Sc1cc3cccc(C(C)C)c3c3cc[n+](C)c-2c13. The van der Waals surface area contributed by atoms with Crippen LogP contribution in [0, 0.1) is 17.8 Å². The van der Waals surface area contributed by atoms with Crippen molar-refractivity contribution in [2.75, 3.05) is 0 Å². The fourth-order valence-corrected chi connectivity index (χ4v) is 8.25. The number of rotatable bonds is 3. The van der Waals surface area contributed by atoms with Crippen molar-refractivity contribution in [2.45, 2.75) is 90.9 Å². The maximum Gasteiger partial charge on any atom is 0.222 e. The predicted molar refractivity (Wildman–Crippen MR) is 175 cm³/mol. The molecule has 0 aliphatic carbocycles. The molecular weight excluding hydrogens is 502 g/mol. The molecule has 0 unspecified atom stereocenters. The largest absolute Gasteiger partial charge is 0.222 e. The molecule has 6 rings (SSSR count). The van der Waals surface area contributed by atoms with Gasteiger partial charge in [-0.3, -0.25) is 0 Å². The summed E-state index contributed by atoms with van der Waals surface area (Å²) in [5, 5.41) is 8.43. The summed E-state index contributed by atoms with van der Waals surface area (Å²) in [7, 11) is 2.24. The van der Waals surface area contributed by atoms with E-state index >= 15 is 0 Å². The molecule has 0 amide bonds. The van der Waals surface area contributed by atoms with Gasteiger partial charge in [-0.15, -0.1) is 0 Å². The Morgan fingerprint density at radius 1 is 0.800 bits per heavy atom. The van der Waals surface area contributed by atoms with Crippen molar-refractivity contribution >= 4 is 44.1 Å². The summed E-state index contributed by atoms with van der Waals surface area (Å²) in [6.07, 6.45) is 4.43. The second-order valence-corrected chi connectivity index (χ2v) is 15.9. The molecule has 2 heterocycles. The minimum Gasteiger partial charge on any atom is -0.200 e. The second-order valence-electron chi connectivity index (χ2n) is 14.8. The molecule has 0 bridgehead atoms. The van der Waals surface area contributed by atoms with Crippen LogP contribution in [0.2, 0.25) is 0 Å². The molecule has 0 saturated carbocycles. The number of hydrogen-bond donors (Lipinski definition) is 0. The molecule has 0 radical (unpaired) electrons. The van der Waals surface area contributed by atoms with E-state index in [9.17, 15) is 0 Å². The van der Waals surface area contributed by atoms with E-state index in [-0.39, 0.29) is 10.8 Å². The van der Waals surface area contributed by atoms with E-state index in [1.165, 1.54) is 75.6 Å². The lowest BCUT2D eigenvalue weighted by atomic mass is 9.81. The summed E-state index contributed by atoms with van der Waals surface area (Å²) in [6, 6.07) is 19.0. The number of aryl methyl sites for hydroxylation is 2. The van der Waals surface area contributed by atoms with E-state index in [1.54, 1.807) is 0 Å². The van der Waals surface area contributed by atoms with Crippen molar-refractivity contribution in [1.82, 2.24) is 0 Å². The van der Waals surface area contributed by atoms with Crippen LogP contribution in [0.4, 0.5) is 0 Å². The number of nitrogens with zero attached hydrogens (tertiary/aromatic N) is 1. The van der Waals surface area contributed by atoms with Gasteiger partial charge in [0.15, 0.2) is 6.20 Å². The third-order valence-corrected chi connectivity index (χ3v) is 9.65. The smallest absolute Gasteiger partial charge is 0.200 e. The van der Waals surface area contributed by atoms with Crippen LogP contribution in [-0.2, 0) is 19.9 Å². The lowest BCUT2D eigenvalue weighted by Crippen LogP contribution is -2.32. The van der Waals surface area contributed by atoms with Gasteiger partial charge < -0.3 is 0 Å².